The number of hydrogen-bond donors (Lipinski definition) is 3. The number of aliphatic hydroxyl groups is 1. The number of rotatable bonds is 10. The molecule has 58 heavy (non-hydrogen) atoms. The van der Waals surface area contributed by atoms with Crippen molar-refractivity contribution in [1.82, 2.24) is 24.7 Å². The normalized spacial score (nSPS) is 22.0. The van der Waals surface area contributed by atoms with Crippen LogP contribution in [0, 0.1) is 0 Å². The van der Waals surface area contributed by atoms with Gasteiger partial charge in [-0.1, -0.05) is 78.9 Å². The second-order valence-corrected chi connectivity index (χ2v) is 15.4. The summed E-state index contributed by atoms with van der Waals surface area (Å²) < 4.78 is 54.4. The van der Waals surface area contributed by atoms with Crippen molar-refractivity contribution < 1.29 is 37.3 Å². The molecule has 2 amide bonds. The highest BCUT2D eigenvalue weighted by molar-refractivity contribution is 5.90. The number of imidazole rings is 1. The zero-order valence-corrected chi connectivity index (χ0v) is 31.9. The third-order valence-corrected chi connectivity index (χ3v) is 11.6. The van der Waals surface area contributed by atoms with Crippen LogP contribution in [0.3, 0.4) is 0 Å². The SMILES string of the molecule is O=C(NCc1cccc(-c2ccc([C@H]3O[C@@H](CN4CCC(n5c(=O)[nH]c6ccccc65)CC4)C[C@@H](c4ccc(CO)cc4)O3)cc2)c1)[C@@H]1CCCN1C(=O)C(F)(F)F. The third-order valence-electron chi connectivity index (χ3n) is 11.6. The molecule has 0 saturated carbocycles. The highest BCUT2D eigenvalue weighted by Crippen LogP contribution is 2.39. The van der Waals surface area contributed by atoms with Crippen molar-refractivity contribution in [3.63, 3.8) is 0 Å². The lowest BCUT2D eigenvalue weighted by Crippen LogP contribution is -2.50. The van der Waals surface area contributed by atoms with Gasteiger partial charge in [-0.05, 0) is 71.7 Å². The van der Waals surface area contributed by atoms with E-state index in [-0.39, 0.29) is 50.1 Å². The Balaban J connectivity index is 0.929. The van der Waals surface area contributed by atoms with E-state index >= 15 is 0 Å². The molecule has 0 spiro atoms. The van der Waals surface area contributed by atoms with E-state index in [1.807, 2.05) is 102 Å². The van der Waals surface area contributed by atoms with Crippen molar-refractivity contribution >= 4 is 22.8 Å². The zero-order chi connectivity index (χ0) is 40.4. The number of hydrogen-bond acceptors (Lipinski definition) is 7. The maximum absolute atomic E-state index is 13.1. The van der Waals surface area contributed by atoms with Crippen molar-refractivity contribution in [2.45, 2.75) is 82.0 Å². The molecule has 3 fully saturated rings. The summed E-state index contributed by atoms with van der Waals surface area (Å²) in [6.07, 6.45) is -3.20. The van der Waals surface area contributed by atoms with E-state index < -0.39 is 30.3 Å². The standard InChI is InChI=1S/C44H46F3N5O6/c45-44(46,47)42(55)51-20-4-9-38(51)40(54)48-25-29-5-3-6-33(23-29)30-14-16-32(17-15-30)41-57-35(24-39(58-41)31-12-10-28(27-53)11-13-31)26-50-21-18-34(19-22-50)52-37-8-2-1-7-36(37)49-43(52)56/h1-3,5-8,10-17,23,34-35,38-39,41,53H,4,9,18-22,24-27H2,(H,48,54)(H,49,56)/t35-,38+,39+,41+/m1/s1. The number of para-hydroxylation sites is 2. The van der Waals surface area contributed by atoms with E-state index in [4.69, 9.17) is 9.47 Å². The van der Waals surface area contributed by atoms with Gasteiger partial charge < -0.3 is 34.7 Å². The monoisotopic (exact) mass is 797 g/mol. The molecule has 5 aromatic rings. The van der Waals surface area contributed by atoms with Gasteiger partial charge >= 0.3 is 17.8 Å². The van der Waals surface area contributed by atoms with Crippen LogP contribution in [0.2, 0.25) is 0 Å². The van der Waals surface area contributed by atoms with Crippen LogP contribution in [0.4, 0.5) is 13.2 Å². The minimum Gasteiger partial charge on any atom is -0.392 e. The highest BCUT2D eigenvalue weighted by Gasteiger charge is 2.47. The summed E-state index contributed by atoms with van der Waals surface area (Å²) in [4.78, 5) is 43.6. The number of carbonyl (C=O) groups excluding carboxylic acids is 2. The van der Waals surface area contributed by atoms with Crippen molar-refractivity contribution in [3.8, 4) is 11.1 Å². The summed E-state index contributed by atoms with van der Waals surface area (Å²) in [5.74, 6) is -2.59. The largest absolute Gasteiger partial charge is 0.471 e. The number of aromatic nitrogens is 2. The topological polar surface area (TPSA) is 129 Å². The maximum atomic E-state index is 13.1. The smallest absolute Gasteiger partial charge is 0.392 e. The number of H-pyrrole nitrogens is 1. The van der Waals surface area contributed by atoms with E-state index in [1.165, 1.54) is 0 Å². The first kappa shape index (κ1) is 39.5. The van der Waals surface area contributed by atoms with Gasteiger partial charge in [0.15, 0.2) is 6.29 Å². The molecule has 0 unspecified atom stereocenters. The summed E-state index contributed by atoms with van der Waals surface area (Å²) >= 11 is 0. The third kappa shape index (κ3) is 8.60. The number of halogens is 3. The number of aromatic amines is 1. The summed E-state index contributed by atoms with van der Waals surface area (Å²) in [6, 6.07) is 30.0. The molecule has 14 heteroatoms. The number of ether oxygens (including phenoxy) is 2. The number of carbonyl (C=O) groups is 2. The molecule has 3 N–H and O–H groups in total. The average Bonchev–Trinajstić information content (AvgIpc) is 3.87. The maximum Gasteiger partial charge on any atom is 0.471 e. The van der Waals surface area contributed by atoms with E-state index in [0.29, 0.717) is 24.3 Å². The van der Waals surface area contributed by atoms with Crippen molar-refractivity contribution in [1.29, 1.82) is 0 Å². The average molecular weight is 798 g/mol. The van der Waals surface area contributed by atoms with Gasteiger partial charge in [-0.3, -0.25) is 14.2 Å². The number of alkyl halides is 3. The molecule has 3 aliphatic heterocycles. The lowest BCUT2D eigenvalue weighted by molar-refractivity contribution is -0.253. The fourth-order valence-corrected chi connectivity index (χ4v) is 8.56. The molecule has 3 aliphatic rings. The van der Waals surface area contributed by atoms with Gasteiger partial charge in [0.05, 0.1) is 29.8 Å². The Hall–Kier alpha value is -5.28. The van der Waals surface area contributed by atoms with Crippen LogP contribution in [0.1, 0.15) is 72.8 Å². The van der Waals surface area contributed by atoms with Gasteiger partial charge in [0.1, 0.15) is 6.04 Å². The fraction of sp³-hybridized carbons (Fsp3) is 0.386. The molecule has 0 bridgehead atoms. The molecule has 8 rings (SSSR count). The molecular formula is C44H46F3N5O6. The fourth-order valence-electron chi connectivity index (χ4n) is 8.56. The minimum atomic E-state index is -5.03. The second-order valence-electron chi connectivity index (χ2n) is 15.4. The van der Waals surface area contributed by atoms with Gasteiger partial charge in [0.2, 0.25) is 5.91 Å². The van der Waals surface area contributed by atoms with Crippen LogP contribution in [-0.2, 0) is 32.2 Å². The van der Waals surface area contributed by atoms with Gasteiger partial charge in [0.25, 0.3) is 0 Å². The number of likely N-dealkylation sites (tertiary alicyclic amines) is 2. The van der Waals surface area contributed by atoms with Crippen LogP contribution in [0.5, 0.6) is 0 Å². The van der Waals surface area contributed by atoms with Gasteiger partial charge in [-0.15, -0.1) is 0 Å². The first-order valence-corrected chi connectivity index (χ1v) is 19.8. The summed E-state index contributed by atoms with van der Waals surface area (Å²) in [5.41, 5.74) is 6.93. The lowest BCUT2D eigenvalue weighted by atomic mass is 9.98. The number of fused-ring (bicyclic) bond motifs is 1. The number of aliphatic hydroxyl groups excluding tert-OH is 1. The molecule has 4 atom stereocenters. The Morgan fingerprint density at radius 3 is 2.31 bits per heavy atom. The Bertz CT molecular complexity index is 2280. The van der Waals surface area contributed by atoms with Gasteiger partial charge in [-0.25, -0.2) is 4.79 Å². The summed E-state index contributed by atoms with van der Waals surface area (Å²) in [6.45, 7) is 2.31. The van der Waals surface area contributed by atoms with E-state index in [0.717, 1.165) is 70.3 Å². The van der Waals surface area contributed by atoms with Crippen molar-refractivity contribution in [3.05, 3.63) is 130 Å². The molecule has 4 heterocycles. The number of nitrogens with one attached hydrogen (secondary N) is 2. The van der Waals surface area contributed by atoms with Crippen molar-refractivity contribution in [2.24, 2.45) is 0 Å². The lowest BCUT2D eigenvalue weighted by Gasteiger charge is -2.40. The van der Waals surface area contributed by atoms with Crippen LogP contribution in [0.25, 0.3) is 22.2 Å². The van der Waals surface area contributed by atoms with Gasteiger partial charge in [0, 0.05) is 50.7 Å². The predicted molar refractivity (Wildman–Crippen MR) is 210 cm³/mol. The molecular weight excluding hydrogens is 752 g/mol. The van der Waals surface area contributed by atoms with Crippen molar-refractivity contribution in [2.75, 3.05) is 26.2 Å². The van der Waals surface area contributed by atoms with Gasteiger partial charge in [-0.2, -0.15) is 13.2 Å². The Kier molecular flexibility index (Phi) is 11.5. The second kappa shape index (κ2) is 16.9. The first-order chi connectivity index (χ1) is 28.0. The molecule has 304 valence electrons. The number of piperidine rings is 1. The van der Waals surface area contributed by atoms with Crippen LogP contribution in [0.15, 0.2) is 102 Å². The molecule has 1 aromatic heterocycles. The summed E-state index contributed by atoms with van der Waals surface area (Å²) in [7, 11) is 0. The Morgan fingerprint density at radius 2 is 1.57 bits per heavy atom. The highest BCUT2D eigenvalue weighted by atomic mass is 19.4. The van der Waals surface area contributed by atoms with E-state index in [1.54, 1.807) is 0 Å². The molecule has 4 aromatic carbocycles. The molecule has 0 radical (unpaired) electrons. The van der Waals surface area contributed by atoms with Crippen LogP contribution >= 0.6 is 0 Å². The van der Waals surface area contributed by atoms with Crippen LogP contribution < -0.4 is 11.0 Å². The molecule has 3 saturated heterocycles. The van der Waals surface area contributed by atoms with E-state index in [9.17, 15) is 32.7 Å². The van der Waals surface area contributed by atoms with E-state index in [2.05, 4.69) is 15.2 Å². The predicted octanol–water partition coefficient (Wildman–Crippen LogP) is 6.54. The number of benzene rings is 4. The molecule has 0 aliphatic carbocycles. The zero-order valence-electron chi connectivity index (χ0n) is 31.9. The summed E-state index contributed by atoms with van der Waals surface area (Å²) in [5, 5.41) is 12.3. The first-order valence-electron chi connectivity index (χ1n) is 19.8. The Labute approximate surface area is 333 Å². The minimum absolute atomic E-state index is 0.0442. The number of nitrogens with zero attached hydrogens (tertiary/aromatic N) is 3. The quantitative estimate of drug-likeness (QED) is 0.147. The molecule has 11 nitrogen and oxygen atoms in total. The van der Waals surface area contributed by atoms with Crippen LogP contribution in [-0.4, -0.2) is 80.8 Å². The number of amides is 2. The Morgan fingerprint density at radius 1 is 0.828 bits per heavy atom.